The van der Waals surface area contributed by atoms with E-state index in [1.165, 1.54) is 5.56 Å². The van der Waals surface area contributed by atoms with Gasteiger partial charge in [-0.15, -0.1) is 0 Å². The average molecular weight is 267 g/mol. The third kappa shape index (κ3) is 4.98. The van der Waals surface area contributed by atoms with Crippen LogP contribution in [0.3, 0.4) is 0 Å². The molecule has 5 heteroatoms. The summed E-state index contributed by atoms with van der Waals surface area (Å²) < 4.78 is 0. The van der Waals surface area contributed by atoms with Gasteiger partial charge in [0, 0.05) is 24.0 Å². The first kappa shape index (κ1) is 14.9. The Hall–Kier alpha value is -1.20. The number of benzene rings is 1. The number of amides is 2. The van der Waals surface area contributed by atoms with Gasteiger partial charge in [0.1, 0.15) is 0 Å². The molecule has 1 unspecified atom stereocenters. The molecule has 0 spiro atoms. The zero-order valence-corrected chi connectivity index (χ0v) is 11.9. The van der Waals surface area contributed by atoms with Crippen LogP contribution in [-0.4, -0.2) is 31.6 Å². The second-order valence-corrected chi connectivity index (χ2v) is 4.99. The van der Waals surface area contributed by atoms with Crippen LogP contribution in [-0.2, 0) is 0 Å². The highest BCUT2D eigenvalue weighted by Gasteiger charge is 2.03. The lowest BCUT2D eigenvalue weighted by Crippen LogP contribution is -2.30. The van der Waals surface area contributed by atoms with E-state index in [0.717, 1.165) is 11.4 Å². The molecule has 0 radical (unpaired) electrons. The summed E-state index contributed by atoms with van der Waals surface area (Å²) in [5.41, 5.74) is 2.01. The number of nitrogens with one attached hydrogen (secondary N) is 3. The topological polar surface area (TPSA) is 53.2 Å². The smallest absolute Gasteiger partial charge is 0.319 e. The van der Waals surface area contributed by atoms with Crippen molar-refractivity contribution < 1.29 is 4.79 Å². The van der Waals surface area contributed by atoms with Crippen molar-refractivity contribution in [1.82, 2.24) is 10.6 Å². The predicted octanol–water partition coefficient (Wildman–Crippen LogP) is 2.45. The van der Waals surface area contributed by atoms with E-state index in [2.05, 4.69) is 22.9 Å². The van der Waals surface area contributed by atoms with Gasteiger partial charge in [0.15, 0.2) is 0 Å². The van der Waals surface area contributed by atoms with E-state index >= 15 is 0 Å². The number of carbonyl (C=O) groups excluding carboxylic acids is 1. The van der Waals surface area contributed by atoms with Crippen molar-refractivity contribution in [3.8, 4) is 0 Å². The lowest BCUT2D eigenvalue weighted by atomic mass is 10.1. The Labute approximate surface area is 113 Å². The molecule has 4 nitrogen and oxygen atoms in total. The first-order valence-corrected chi connectivity index (χ1v) is 7.37. The Morgan fingerprint density at radius 3 is 2.56 bits per heavy atom. The number of anilines is 1. The molecule has 0 bridgehead atoms. The molecule has 0 saturated carbocycles. The number of urea groups is 1. The van der Waals surface area contributed by atoms with Crippen molar-refractivity contribution in [3.05, 3.63) is 29.8 Å². The lowest BCUT2D eigenvalue weighted by Gasteiger charge is -2.12. The van der Waals surface area contributed by atoms with Gasteiger partial charge in [-0.2, -0.15) is 11.8 Å². The summed E-state index contributed by atoms with van der Waals surface area (Å²) in [6.45, 7) is 2.78. The quantitative estimate of drug-likeness (QED) is 0.694. The molecule has 0 aliphatic heterocycles. The molecule has 0 aliphatic rings. The van der Waals surface area contributed by atoms with E-state index in [9.17, 15) is 4.79 Å². The minimum absolute atomic E-state index is 0.154. The lowest BCUT2D eigenvalue weighted by molar-refractivity contribution is 0.252. The zero-order valence-electron chi connectivity index (χ0n) is 11.1. The summed E-state index contributed by atoms with van der Waals surface area (Å²) >= 11 is 1.71. The monoisotopic (exact) mass is 267 g/mol. The van der Waals surface area contributed by atoms with E-state index in [4.69, 9.17) is 0 Å². The largest absolute Gasteiger partial charge is 0.337 e. The Morgan fingerprint density at radius 2 is 2.00 bits per heavy atom. The van der Waals surface area contributed by atoms with E-state index in [0.29, 0.717) is 12.6 Å². The molecule has 1 aromatic rings. The van der Waals surface area contributed by atoms with Crippen LogP contribution in [0.25, 0.3) is 0 Å². The maximum Gasteiger partial charge on any atom is 0.319 e. The van der Waals surface area contributed by atoms with Gasteiger partial charge in [-0.1, -0.05) is 12.1 Å². The fraction of sp³-hybridized carbons (Fsp3) is 0.462. The van der Waals surface area contributed by atoms with Crippen LogP contribution < -0.4 is 16.0 Å². The highest BCUT2D eigenvalue weighted by Crippen LogP contribution is 2.15. The Morgan fingerprint density at radius 1 is 1.33 bits per heavy atom. The molecule has 0 fully saturated rings. The molecule has 1 aromatic carbocycles. The van der Waals surface area contributed by atoms with Crippen molar-refractivity contribution in [3.63, 3.8) is 0 Å². The van der Waals surface area contributed by atoms with E-state index in [1.54, 1.807) is 11.8 Å². The van der Waals surface area contributed by atoms with Gasteiger partial charge < -0.3 is 16.0 Å². The van der Waals surface area contributed by atoms with Crippen LogP contribution in [0.1, 0.15) is 18.5 Å². The van der Waals surface area contributed by atoms with Crippen molar-refractivity contribution in [2.24, 2.45) is 0 Å². The van der Waals surface area contributed by atoms with Crippen LogP contribution in [0.2, 0.25) is 0 Å². The normalized spacial score (nSPS) is 11.9. The van der Waals surface area contributed by atoms with Crippen LogP contribution in [0, 0.1) is 0 Å². The Bertz CT molecular complexity index is 367. The maximum atomic E-state index is 11.5. The first-order chi connectivity index (χ1) is 8.67. The van der Waals surface area contributed by atoms with Crippen LogP contribution in [0.5, 0.6) is 0 Å². The number of thioether (sulfide) groups is 1. The summed E-state index contributed by atoms with van der Waals surface area (Å²) in [6, 6.07) is 8.01. The van der Waals surface area contributed by atoms with E-state index in [-0.39, 0.29) is 6.03 Å². The van der Waals surface area contributed by atoms with Gasteiger partial charge in [-0.25, -0.2) is 4.79 Å². The summed E-state index contributed by atoms with van der Waals surface area (Å²) in [5, 5.41) is 8.78. The number of carbonyl (C=O) groups is 1. The predicted molar refractivity (Wildman–Crippen MR) is 79.3 cm³/mol. The molecule has 100 valence electrons. The molecule has 1 rings (SSSR count). The summed E-state index contributed by atoms with van der Waals surface area (Å²) in [7, 11) is 1.93. The van der Waals surface area contributed by atoms with Crippen LogP contribution >= 0.6 is 11.8 Å². The van der Waals surface area contributed by atoms with Gasteiger partial charge >= 0.3 is 6.03 Å². The van der Waals surface area contributed by atoms with Gasteiger partial charge in [0.25, 0.3) is 0 Å². The van der Waals surface area contributed by atoms with Crippen molar-refractivity contribution in [2.45, 2.75) is 13.0 Å². The standard InChI is InChI=1S/C13H21N3OS/c1-10(14-2)11-4-6-12(7-5-11)16-13(17)15-8-9-18-3/h4-7,10,14H,8-9H2,1-3H3,(H2,15,16,17). The maximum absolute atomic E-state index is 11.5. The Kier molecular flexibility index (Phi) is 6.60. The second kappa shape index (κ2) is 8.00. The molecule has 2 amide bonds. The third-order valence-electron chi connectivity index (χ3n) is 2.69. The molecule has 0 aromatic heterocycles. The number of hydrogen-bond donors (Lipinski definition) is 3. The molecule has 1 atom stereocenters. The summed E-state index contributed by atoms with van der Waals surface area (Å²) in [6.07, 6.45) is 2.02. The molecular formula is C13H21N3OS. The average Bonchev–Trinajstić information content (AvgIpc) is 2.39. The van der Waals surface area contributed by atoms with E-state index < -0.39 is 0 Å². The minimum atomic E-state index is -0.154. The highest BCUT2D eigenvalue weighted by molar-refractivity contribution is 7.98. The summed E-state index contributed by atoms with van der Waals surface area (Å²) in [4.78, 5) is 11.5. The van der Waals surface area contributed by atoms with Gasteiger partial charge in [0.05, 0.1) is 0 Å². The van der Waals surface area contributed by atoms with Crippen LogP contribution in [0.4, 0.5) is 10.5 Å². The SMILES string of the molecule is CNC(C)c1ccc(NC(=O)NCCSC)cc1. The highest BCUT2D eigenvalue weighted by atomic mass is 32.2. The number of hydrogen-bond acceptors (Lipinski definition) is 3. The fourth-order valence-electron chi connectivity index (χ4n) is 1.46. The van der Waals surface area contributed by atoms with Crippen molar-refractivity contribution >= 4 is 23.5 Å². The van der Waals surface area contributed by atoms with Crippen molar-refractivity contribution in [2.75, 3.05) is 30.9 Å². The van der Waals surface area contributed by atoms with E-state index in [1.807, 2.05) is 37.6 Å². The summed E-state index contributed by atoms with van der Waals surface area (Å²) in [5.74, 6) is 0.923. The van der Waals surface area contributed by atoms with Crippen LogP contribution in [0.15, 0.2) is 24.3 Å². The first-order valence-electron chi connectivity index (χ1n) is 5.98. The third-order valence-corrected chi connectivity index (χ3v) is 3.31. The second-order valence-electron chi connectivity index (χ2n) is 4.01. The molecule has 0 heterocycles. The molecule has 0 saturated heterocycles. The number of rotatable bonds is 6. The Balaban J connectivity index is 2.45. The van der Waals surface area contributed by atoms with Gasteiger partial charge in [0.2, 0.25) is 0 Å². The zero-order chi connectivity index (χ0) is 13.4. The molecule has 3 N–H and O–H groups in total. The van der Waals surface area contributed by atoms with Gasteiger partial charge in [-0.3, -0.25) is 0 Å². The van der Waals surface area contributed by atoms with Gasteiger partial charge in [-0.05, 0) is 37.9 Å². The minimum Gasteiger partial charge on any atom is -0.337 e. The molecule has 18 heavy (non-hydrogen) atoms. The van der Waals surface area contributed by atoms with Crippen molar-refractivity contribution in [1.29, 1.82) is 0 Å². The molecule has 0 aliphatic carbocycles. The fourth-order valence-corrected chi connectivity index (χ4v) is 1.77. The molecular weight excluding hydrogens is 246 g/mol.